The van der Waals surface area contributed by atoms with E-state index in [-0.39, 0.29) is 10.8 Å². The van der Waals surface area contributed by atoms with Gasteiger partial charge in [0.05, 0.1) is 9.75 Å². The first-order chi connectivity index (χ1) is 20.7. The molecule has 48 heavy (non-hydrogen) atoms. The molecule has 278 valence electrons. The van der Waals surface area contributed by atoms with Crippen molar-refractivity contribution in [1.29, 1.82) is 0 Å². The van der Waals surface area contributed by atoms with Crippen LogP contribution in [0.25, 0.3) is 9.75 Å². The van der Waals surface area contributed by atoms with Crippen LogP contribution in [0.1, 0.15) is 11.1 Å². The molecule has 0 unspecified atom stereocenters. The zero-order valence-electron chi connectivity index (χ0n) is 21.0. The fourth-order valence-electron chi connectivity index (χ4n) is 3.34. The van der Waals surface area contributed by atoms with Crippen LogP contribution in [-0.2, 0) is 11.8 Å². The van der Waals surface area contributed by atoms with Gasteiger partial charge in [0.25, 0.3) is 0 Å². The highest BCUT2D eigenvalue weighted by Gasteiger charge is 2.92. The minimum atomic E-state index is -8.48. The van der Waals surface area contributed by atoms with Crippen LogP contribution in [0.4, 0.5) is 114 Å². The van der Waals surface area contributed by atoms with Gasteiger partial charge in [-0.05, 0) is 22.9 Å². The van der Waals surface area contributed by atoms with Gasteiger partial charge >= 0.3 is 71.6 Å². The van der Waals surface area contributed by atoms with Gasteiger partial charge in [-0.25, -0.2) is 0 Å². The van der Waals surface area contributed by atoms with E-state index < -0.39 is 127 Å². The Labute approximate surface area is 252 Å². The summed E-state index contributed by atoms with van der Waals surface area (Å²) in [5.74, 6) is -81.2. The maximum absolute atomic E-state index is 14.8. The Kier molecular flexibility index (Phi) is 9.60. The molecule has 0 N–H and O–H groups in total. The first-order valence-electron chi connectivity index (χ1n) is 10.8. The van der Waals surface area contributed by atoms with Gasteiger partial charge in [-0.3, -0.25) is 0 Å². The van der Waals surface area contributed by atoms with E-state index >= 15 is 0 Å². The van der Waals surface area contributed by atoms with Crippen LogP contribution in [0.15, 0.2) is 22.9 Å². The largest absolute Gasteiger partial charge is 0.460 e. The average Bonchev–Trinajstić information content (AvgIpc) is 3.56. The highest BCUT2D eigenvalue weighted by Crippen LogP contribution is 2.65. The van der Waals surface area contributed by atoms with E-state index in [4.69, 9.17) is 0 Å². The number of alkyl halides is 26. The third kappa shape index (κ3) is 5.17. The molecule has 0 fully saturated rings. The Morgan fingerprint density at radius 1 is 0.292 bits per heavy atom. The fraction of sp³-hybridized carbons (Fsp3) is 0.600. The molecule has 28 heteroatoms. The summed E-state index contributed by atoms with van der Waals surface area (Å²) in [7, 11) is 0. The van der Waals surface area contributed by atoms with Crippen molar-refractivity contribution in [1.82, 2.24) is 0 Å². The molecule has 2 heterocycles. The molecule has 0 spiro atoms. The average molecular weight is 802 g/mol. The van der Waals surface area contributed by atoms with Crippen molar-refractivity contribution in [3.8, 4) is 9.75 Å². The van der Waals surface area contributed by atoms with Crippen molar-refractivity contribution in [2.75, 3.05) is 0 Å². The molecule has 0 nitrogen and oxygen atoms in total. The zero-order chi connectivity index (χ0) is 38.6. The van der Waals surface area contributed by atoms with Gasteiger partial charge in [-0.1, -0.05) is 0 Å². The standard InChI is InChI=1S/C20H4F26S2/c21-9(22,11(25,26)13(29,30)15(33,34)17(37,38)19(41,42)43)5-1-3-47-7(5)8-6(2-4-48-8)10(23,24)12(27,28)14(31,32)16(35,36)18(39,40)20(44,45)46/h1-4H. The number of hydrogen-bond donors (Lipinski definition) is 0. The van der Waals surface area contributed by atoms with Gasteiger partial charge in [0.1, 0.15) is 0 Å². The summed E-state index contributed by atoms with van der Waals surface area (Å²) >= 11 is -1.61. The molecule has 0 atom stereocenters. The van der Waals surface area contributed by atoms with Crippen molar-refractivity contribution >= 4 is 22.7 Å². The van der Waals surface area contributed by atoms with Crippen LogP contribution in [-0.4, -0.2) is 59.7 Å². The summed E-state index contributed by atoms with van der Waals surface area (Å²) in [6.07, 6.45) is -15.7. The van der Waals surface area contributed by atoms with Crippen LogP contribution in [0, 0.1) is 0 Å². The third-order valence-corrected chi connectivity index (χ3v) is 8.07. The van der Waals surface area contributed by atoms with Crippen LogP contribution in [0.5, 0.6) is 0 Å². The van der Waals surface area contributed by atoms with E-state index in [1.165, 1.54) is 0 Å². The van der Waals surface area contributed by atoms with Gasteiger partial charge in [-0.15, -0.1) is 22.7 Å². The molecule has 0 aliphatic carbocycles. The van der Waals surface area contributed by atoms with Gasteiger partial charge < -0.3 is 0 Å². The second kappa shape index (κ2) is 11.0. The normalized spacial score (nSPS) is 16.1. The molecule has 0 aromatic carbocycles. The van der Waals surface area contributed by atoms with E-state index in [9.17, 15) is 114 Å². The minimum Gasteiger partial charge on any atom is -0.194 e. The number of hydrogen-bond acceptors (Lipinski definition) is 2. The molecule has 0 saturated carbocycles. The zero-order valence-corrected chi connectivity index (χ0v) is 22.6. The number of thiophene rings is 2. The summed E-state index contributed by atoms with van der Waals surface area (Å²) in [6, 6.07) is -1.37. The van der Waals surface area contributed by atoms with Crippen molar-refractivity contribution in [2.24, 2.45) is 0 Å². The summed E-state index contributed by atoms with van der Waals surface area (Å²) in [4.78, 5) is -4.64. The van der Waals surface area contributed by atoms with E-state index in [2.05, 4.69) is 0 Å². The predicted octanol–water partition coefficient (Wildman–Crippen LogP) is 11.9. The summed E-state index contributed by atoms with van der Waals surface area (Å²) in [5, 5.41) is -0.274. The van der Waals surface area contributed by atoms with Gasteiger partial charge in [0.2, 0.25) is 0 Å². The Hall–Kier alpha value is -2.42. The smallest absolute Gasteiger partial charge is 0.194 e. The number of halogens is 26. The van der Waals surface area contributed by atoms with Crippen molar-refractivity contribution in [3.63, 3.8) is 0 Å². The van der Waals surface area contributed by atoms with Crippen molar-refractivity contribution in [2.45, 2.75) is 71.6 Å². The van der Waals surface area contributed by atoms with E-state index in [0.717, 1.165) is 0 Å². The summed E-state index contributed by atoms with van der Waals surface area (Å²) < 4.78 is 352. The quantitative estimate of drug-likeness (QED) is 0.199. The van der Waals surface area contributed by atoms with Gasteiger partial charge in [-0.2, -0.15) is 114 Å². The molecule has 0 radical (unpaired) electrons. The molecule has 2 rings (SSSR count). The summed E-state index contributed by atoms with van der Waals surface area (Å²) in [5.41, 5.74) is -6.21. The van der Waals surface area contributed by atoms with Crippen LogP contribution >= 0.6 is 22.7 Å². The second-order valence-electron chi connectivity index (χ2n) is 9.07. The minimum absolute atomic E-state index is 0.137. The Morgan fingerprint density at radius 3 is 0.708 bits per heavy atom. The molecular weight excluding hydrogens is 798 g/mol. The van der Waals surface area contributed by atoms with E-state index in [1.807, 2.05) is 0 Å². The molecule has 0 amide bonds. The molecular formula is C20H4F26S2. The highest BCUT2D eigenvalue weighted by molar-refractivity contribution is 7.20. The van der Waals surface area contributed by atoms with Crippen molar-refractivity contribution < 1.29 is 114 Å². The maximum Gasteiger partial charge on any atom is 0.460 e. The molecule has 0 aliphatic rings. The summed E-state index contributed by atoms with van der Waals surface area (Å²) in [6.45, 7) is 0. The lowest BCUT2D eigenvalue weighted by molar-refractivity contribution is -0.441. The first-order valence-corrected chi connectivity index (χ1v) is 12.5. The lowest BCUT2D eigenvalue weighted by atomic mass is 9.89. The Balaban J connectivity index is 2.81. The lowest BCUT2D eigenvalue weighted by Crippen LogP contribution is -2.69. The molecule has 0 bridgehead atoms. The van der Waals surface area contributed by atoms with Crippen molar-refractivity contribution in [3.05, 3.63) is 34.0 Å². The predicted molar refractivity (Wildman–Crippen MR) is 107 cm³/mol. The highest BCUT2D eigenvalue weighted by atomic mass is 32.1. The topological polar surface area (TPSA) is 0 Å². The molecule has 0 aliphatic heterocycles. The van der Waals surface area contributed by atoms with Gasteiger partial charge in [0.15, 0.2) is 0 Å². The lowest BCUT2D eigenvalue weighted by Gasteiger charge is -2.40. The van der Waals surface area contributed by atoms with Crippen LogP contribution in [0.2, 0.25) is 0 Å². The Morgan fingerprint density at radius 2 is 0.500 bits per heavy atom. The third-order valence-electron chi connectivity index (χ3n) is 6.08. The second-order valence-corrected chi connectivity index (χ2v) is 10.9. The fourth-order valence-corrected chi connectivity index (χ4v) is 5.39. The monoisotopic (exact) mass is 802 g/mol. The SMILES string of the molecule is FC(F)(F)C(F)(F)C(F)(F)C(F)(F)C(F)(F)C(F)(F)c1ccsc1-c1sccc1C(F)(F)C(F)(F)C(F)(F)C(F)(F)C(F)(F)C(F)(F)F. The molecule has 2 aromatic heterocycles. The first kappa shape index (κ1) is 41.7. The van der Waals surface area contributed by atoms with Gasteiger partial charge in [0, 0.05) is 11.1 Å². The van der Waals surface area contributed by atoms with Crippen LogP contribution < -0.4 is 0 Å². The maximum atomic E-state index is 14.8. The van der Waals surface area contributed by atoms with E-state index in [1.54, 1.807) is 0 Å². The Bertz CT molecular complexity index is 1360. The molecule has 2 aromatic rings. The number of rotatable bonds is 11. The molecule has 0 saturated heterocycles. The van der Waals surface area contributed by atoms with Crippen LogP contribution in [0.3, 0.4) is 0 Å². The van der Waals surface area contributed by atoms with E-state index in [0.29, 0.717) is 0 Å².